The van der Waals surface area contributed by atoms with Crippen LogP contribution in [0.15, 0.2) is 0 Å². The molecule has 0 radical (unpaired) electrons. The van der Waals surface area contributed by atoms with Crippen LogP contribution in [-0.4, -0.2) is 67.8 Å². The fourth-order valence-corrected chi connectivity index (χ4v) is 3.49. The van der Waals surface area contributed by atoms with E-state index in [1.165, 1.54) is 12.8 Å². The highest BCUT2D eigenvalue weighted by atomic mass is 16.5. The average molecular weight is 255 g/mol. The van der Waals surface area contributed by atoms with Crippen molar-refractivity contribution in [2.45, 2.75) is 50.3 Å². The molecular weight excluding hydrogens is 226 g/mol. The van der Waals surface area contributed by atoms with Crippen LogP contribution in [0.3, 0.4) is 0 Å². The Morgan fingerprint density at radius 1 is 1.28 bits per heavy atom. The van der Waals surface area contributed by atoms with Gasteiger partial charge in [-0.05, 0) is 39.7 Å². The van der Waals surface area contributed by atoms with Gasteiger partial charge in [0, 0.05) is 44.9 Å². The molecule has 18 heavy (non-hydrogen) atoms. The summed E-state index contributed by atoms with van der Waals surface area (Å²) >= 11 is 0. The van der Waals surface area contributed by atoms with Crippen molar-refractivity contribution in [3.8, 4) is 0 Å². The zero-order valence-corrected chi connectivity index (χ0v) is 12.2. The van der Waals surface area contributed by atoms with E-state index < -0.39 is 0 Å². The van der Waals surface area contributed by atoms with Gasteiger partial charge in [-0.1, -0.05) is 0 Å². The number of hydrogen-bond donors (Lipinski definition) is 1. The maximum atomic E-state index is 6.14. The van der Waals surface area contributed by atoms with Gasteiger partial charge in [0.2, 0.25) is 0 Å². The number of likely N-dealkylation sites (N-methyl/N-ethyl adjacent to an activating group) is 1. The van der Waals surface area contributed by atoms with E-state index in [0.29, 0.717) is 12.1 Å². The van der Waals surface area contributed by atoms with Gasteiger partial charge in [-0.25, -0.2) is 0 Å². The number of nitrogens with zero attached hydrogens (tertiary/aromatic N) is 2. The van der Waals surface area contributed by atoms with Crippen molar-refractivity contribution < 1.29 is 4.74 Å². The van der Waals surface area contributed by atoms with Crippen molar-refractivity contribution in [1.82, 2.24) is 9.80 Å². The van der Waals surface area contributed by atoms with E-state index in [0.717, 1.165) is 39.0 Å². The summed E-state index contributed by atoms with van der Waals surface area (Å²) in [5.74, 6) is 0. The van der Waals surface area contributed by atoms with Crippen LogP contribution in [-0.2, 0) is 4.74 Å². The minimum absolute atomic E-state index is 0.241. The number of rotatable bonds is 3. The van der Waals surface area contributed by atoms with E-state index in [1.807, 2.05) is 7.11 Å². The fourth-order valence-electron chi connectivity index (χ4n) is 3.49. The Morgan fingerprint density at radius 3 is 2.44 bits per heavy atom. The van der Waals surface area contributed by atoms with Crippen molar-refractivity contribution in [2.24, 2.45) is 5.73 Å². The maximum Gasteiger partial charge on any atom is 0.0572 e. The summed E-state index contributed by atoms with van der Waals surface area (Å²) in [6, 6.07) is 0.641. The quantitative estimate of drug-likeness (QED) is 0.814. The molecule has 4 heteroatoms. The maximum absolute atomic E-state index is 6.14. The molecule has 1 saturated heterocycles. The van der Waals surface area contributed by atoms with Crippen molar-refractivity contribution in [3.63, 3.8) is 0 Å². The lowest BCUT2D eigenvalue weighted by Crippen LogP contribution is -2.63. The predicted octanol–water partition coefficient (Wildman–Crippen LogP) is 0.909. The van der Waals surface area contributed by atoms with Crippen LogP contribution >= 0.6 is 0 Å². The van der Waals surface area contributed by atoms with Gasteiger partial charge in [0.25, 0.3) is 0 Å². The Hall–Kier alpha value is -0.160. The summed E-state index contributed by atoms with van der Waals surface area (Å²) in [4.78, 5) is 5.10. The normalized spacial score (nSPS) is 40.0. The molecule has 1 aliphatic heterocycles. The second-order valence-electron chi connectivity index (χ2n) is 6.14. The van der Waals surface area contributed by atoms with E-state index in [-0.39, 0.29) is 5.54 Å². The first-order valence-electron chi connectivity index (χ1n) is 7.29. The third kappa shape index (κ3) is 2.72. The van der Waals surface area contributed by atoms with Gasteiger partial charge >= 0.3 is 0 Å². The van der Waals surface area contributed by atoms with Crippen molar-refractivity contribution in [3.05, 3.63) is 0 Å². The fraction of sp³-hybridized carbons (Fsp3) is 1.00. The summed E-state index contributed by atoms with van der Waals surface area (Å²) in [7, 11) is 4.05. The first-order chi connectivity index (χ1) is 8.61. The summed E-state index contributed by atoms with van der Waals surface area (Å²) in [6.45, 7) is 6.59. The van der Waals surface area contributed by atoms with Gasteiger partial charge in [-0.3, -0.25) is 4.90 Å². The highest BCUT2D eigenvalue weighted by Gasteiger charge is 2.41. The zero-order chi connectivity index (χ0) is 13.2. The lowest BCUT2D eigenvalue weighted by atomic mass is 9.78. The molecular formula is C14H29N3O. The lowest BCUT2D eigenvalue weighted by Gasteiger charge is -2.51. The molecule has 2 aliphatic rings. The van der Waals surface area contributed by atoms with E-state index in [1.54, 1.807) is 0 Å². The number of piperazine rings is 1. The van der Waals surface area contributed by atoms with Gasteiger partial charge in [0.05, 0.1) is 6.10 Å². The Morgan fingerprint density at radius 2 is 1.94 bits per heavy atom. The summed E-state index contributed by atoms with van der Waals surface area (Å²) in [6.07, 6.45) is 5.16. The number of methoxy groups -OCH3 is 1. The van der Waals surface area contributed by atoms with Crippen LogP contribution < -0.4 is 5.73 Å². The van der Waals surface area contributed by atoms with Crippen LogP contribution in [0.25, 0.3) is 0 Å². The first-order valence-corrected chi connectivity index (χ1v) is 7.29. The van der Waals surface area contributed by atoms with E-state index in [4.69, 9.17) is 10.5 Å². The molecule has 106 valence electrons. The molecule has 1 saturated carbocycles. The summed E-state index contributed by atoms with van der Waals surface area (Å²) < 4.78 is 5.49. The molecule has 1 aliphatic carbocycles. The van der Waals surface area contributed by atoms with Gasteiger partial charge in [-0.2, -0.15) is 0 Å². The van der Waals surface area contributed by atoms with Crippen LogP contribution in [0.5, 0.6) is 0 Å². The number of nitrogens with two attached hydrogens (primary N) is 1. The van der Waals surface area contributed by atoms with Gasteiger partial charge in [-0.15, -0.1) is 0 Å². The average Bonchev–Trinajstić information content (AvgIpc) is 2.42. The summed E-state index contributed by atoms with van der Waals surface area (Å²) in [5, 5.41) is 0. The Kier molecular flexibility index (Phi) is 4.64. The van der Waals surface area contributed by atoms with Crippen LogP contribution in [0.2, 0.25) is 0 Å². The minimum atomic E-state index is 0.241. The first kappa shape index (κ1) is 14.3. The molecule has 2 N–H and O–H groups in total. The lowest BCUT2D eigenvalue weighted by molar-refractivity contribution is -0.0349. The highest BCUT2D eigenvalue weighted by Crippen LogP contribution is 2.35. The minimum Gasteiger partial charge on any atom is -0.381 e. The third-order valence-electron chi connectivity index (χ3n) is 5.21. The van der Waals surface area contributed by atoms with Crippen LogP contribution in [0.1, 0.15) is 32.6 Å². The van der Waals surface area contributed by atoms with Crippen LogP contribution in [0.4, 0.5) is 0 Å². The van der Waals surface area contributed by atoms with Gasteiger partial charge in [0.1, 0.15) is 0 Å². The van der Waals surface area contributed by atoms with Gasteiger partial charge < -0.3 is 15.4 Å². The van der Waals surface area contributed by atoms with Crippen molar-refractivity contribution in [1.29, 1.82) is 0 Å². The predicted molar refractivity (Wildman–Crippen MR) is 74.7 cm³/mol. The molecule has 0 aromatic heterocycles. The standard InChI is InChI=1S/C14H29N3O/c1-12-10-17(9-8-16(12)2)14(11-15)6-4-13(18-3)5-7-14/h12-13H,4-11,15H2,1-3H3. The molecule has 0 amide bonds. The van der Waals surface area contributed by atoms with Crippen LogP contribution in [0, 0.1) is 0 Å². The Bertz CT molecular complexity index is 264. The van der Waals surface area contributed by atoms with Crippen molar-refractivity contribution in [2.75, 3.05) is 40.3 Å². The number of hydrogen-bond acceptors (Lipinski definition) is 4. The molecule has 1 unspecified atom stereocenters. The highest BCUT2D eigenvalue weighted by molar-refractivity contribution is 4.98. The van der Waals surface area contributed by atoms with E-state index >= 15 is 0 Å². The zero-order valence-electron chi connectivity index (χ0n) is 12.2. The smallest absolute Gasteiger partial charge is 0.0572 e. The molecule has 0 bridgehead atoms. The summed E-state index contributed by atoms with van der Waals surface area (Å²) in [5.41, 5.74) is 6.38. The Labute approximate surface area is 111 Å². The molecule has 1 atom stereocenters. The SMILES string of the molecule is COC1CCC(CN)(N2CCN(C)C(C)C2)CC1. The van der Waals surface area contributed by atoms with Gasteiger partial charge in [0.15, 0.2) is 0 Å². The molecule has 2 rings (SSSR count). The third-order valence-corrected chi connectivity index (χ3v) is 5.21. The molecule has 2 fully saturated rings. The molecule has 0 spiro atoms. The molecule has 1 heterocycles. The second kappa shape index (κ2) is 5.87. The Balaban J connectivity index is 2.00. The second-order valence-corrected chi connectivity index (χ2v) is 6.14. The topological polar surface area (TPSA) is 41.7 Å². The number of ether oxygens (including phenoxy) is 1. The van der Waals surface area contributed by atoms with E-state index in [9.17, 15) is 0 Å². The molecule has 0 aromatic carbocycles. The van der Waals surface area contributed by atoms with Crippen molar-refractivity contribution >= 4 is 0 Å². The monoisotopic (exact) mass is 255 g/mol. The molecule has 0 aromatic rings. The van der Waals surface area contributed by atoms with E-state index in [2.05, 4.69) is 23.8 Å². The molecule has 4 nitrogen and oxygen atoms in total. The largest absolute Gasteiger partial charge is 0.381 e.